The summed E-state index contributed by atoms with van der Waals surface area (Å²) >= 11 is 1.24. The minimum Gasteiger partial charge on any atom is -0.435 e. The molecule has 10 heteroatoms. The van der Waals surface area contributed by atoms with E-state index >= 15 is 0 Å². The molecule has 0 saturated heterocycles. The second-order valence-corrected chi connectivity index (χ2v) is 9.27. The molecule has 0 aliphatic carbocycles. The maximum atomic E-state index is 13.0. The molecule has 6 nitrogen and oxygen atoms in total. The molecule has 0 N–H and O–H groups in total. The molecule has 1 amide bonds. The van der Waals surface area contributed by atoms with Crippen LogP contribution in [0.4, 0.5) is 13.9 Å². The summed E-state index contributed by atoms with van der Waals surface area (Å²) in [6.45, 7) is 0.912. The van der Waals surface area contributed by atoms with Gasteiger partial charge in [-0.15, -0.1) is 17.9 Å². The zero-order valence-electron chi connectivity index (χ0n) is 16.4. The number of hydrogen-bond acceptors (Lipinski definition) is 6. The van der Waals surface area contributed by atoms with Gasteiger partial charge >= 0.3 is 6.61 Å². The molecule has 0 unspecified atom stereocenters. The molecule has 0 saturated carbocycles. The summed E-state index contributed by atoms with van der Waals surface area (Å²) in [5.74, 6) is -0.423. The first-order valence-electron chi connectivity index (χ1n) is 8.92. The van der Waals surface area contributed by atoms with Crippen LogP contribution in [-0.4, -0.2) is 38.7 Å². The standard InChI is InChI=1S/C21H18F2N2O4S2/c1-3-12-25(19(26)15-4-8-16(9-5-15)29-20(22)23)21-24-18(13-30-21)14-6-10-17(11-7-14)31(2,27)28/h3-11,13,20H,1,12H2,2H3. The van der Waals surface area contributed by atoms with Gasteiger partial charge in [0.25, 0.3) is 5.91 Å². The van der Waals surface area contributed by atoms with Crippen LogP contribution in [0, 0.1) is 0 Å². The zero-order chi connectivity index (χ0) is 22.6. The highest BCUT2D eigenvalue weighted by Gasteiger charge is 2.20. The van der Waals surface area contributed by atoms with E-state index in [0.29, 0.717) is 16.4 Å². The fraction of sp³-hybridized carbons (Fsp3) is 0.143. The van der Waals surface area contributed by atoms with Crippen LogP contribution >= 0.6 is 11.3 Å². The molecule has 0 aliphatic heterocycles. The van der Waals surface area contributed by atoms with Gasteiger partial charge in [-0.1, -0.05) is 18.2 Å². The Morgan fingerprint density at radius 3 is 2.39 bits per heavy atom. The minimum absolute atomic E-state index is 0.0455. The molecule has 0 bridgehead atoms. The lowest BCUT2D eigenvalue weighted by atomic mass is 10.2. The Hall–Kier alpha value is -3.11. The highest BCUT2D eigenvalue weighted by atomic mass is 32.2. The number of halogens is 2. The van der Waals surface area contributed by atoms with Gasteiger partial charge in [-0.25, -0.2) is 13.4 Å². The summed E-state index contributed by atoms with van der Waals surface area (Å²) in [6, 6.07) is 11.7. The maximum absolute atomic E-state index is 13.0. The van der Waals surface area contributed by atoms with Crippen molar-refractivity contribution in [3.8, 4) is 17.0 Å². The maximum Gasteiger partial charge on any atom is 0.387 e. The Bertz CT molecular complexity index is 1170. The minimum atomic E-state index is -3.30. The van der Waals surface area contributed by atoms with E-state index in [9.17, 15) is 22.0 Å². The number of aromatic nitrogens is 1. The third kappa shape index (κ3) is 5.53. The number of amides is 1. The van der Waals surface area contributed by atoms with Crippen LogP contribution in [0.25, 0.3) is 11.3 Å². The molecule has 31 heavy (non-hydrogen) atoms. The van der Waals surface area contributed by atoms with Crippen LogP contribution in [0.15, 0.2) is 71.5 Å². The van der Waals surface area contributed by atoms with E-state index < -0.39 is 16.4 Å². The molecule has 0 atom stereocenters. The van der Waals surface area contributed by atoms with Crippen molar-refractivity contribution in [1.29, 1.82) is 0 Å². The third-order valence-electron chi connectivity index (χ3n) is 4.18. The Labute approximate surface area is 182 Å². The fourth-order valence-electron chi connectivity index (χ4n) is 2.71. The molecule has 3 aromatic rings. The average Bonchev–Trinajstić information content (AvgIpc) is 3.21. The molecule has 2 aromatic carbocycles. The summed E-state index contributed by atoms with van der Waals surface area (Å²) < 4.78 is 52.1. The second-order valence-electron chi connectivity index (χ2n) is 6.42. The normalized spacial score (nSPS) is 11.4. The number of ether oxygens (including phenoxy) is 1. The van der Waals surface area contributed by atoms with Crippen molar-refractivity contribution in [2.24, 2.45) is 0 Å². The first-order valence-corrected chi connectivity index (χ1v) is 11.7. The highest BCUT2D eigenvalue weighted by molar-refractivity contribution is 7.90. The predicted molar refractivity (Wildman–Crippen MR) is 116 cm³/mol. The lowest BCUT2D eigenvalue weighted by molar-refractivity contribution is -0.0498. The number of hydrogen-bond donors (Lipinski definition) is 0. The molecule has 0 aliphatic rings. The molecule has 0 fully saturated rings. The quantitative estimate of drug-likeness (QED) is 0.454. The van der Waals surface area contributed by atoms with E-state index in [1.165, 1.54) is 52.6 Å². The van der Waals surface area contributed by atoms with Crippen LogP contribution in [0.3, 0.4) is 0 Å². The summed E-state index contributed by atoms with van der Waals surface area (Å²) in [6.07, 6.45) is 2.68. The van der Waals surface area contributed by atoms with Gasteiger partial charge in [-0.2, -0.15) is 8.78 Å². The topological polar surface area (TPSA) is 76.6 Å². The van der Waals surface area contributed by atoms with E-state index in [0.717, 1.165) is 6.26 Å². The van der Waals surface area contributed by atoms with Gasteiger partial charge < -0.3 is 4.74 Å². The van der Waals surface area contributed by atoms with Crippen LogP contribution in [0.1, 0.15) is 10.4 Å². The summed E-state index contributed by atoms with van der Waals surface area (Å²) in [5, 5.41) is 2.17. The van der Waals surface area contributed by atoms with Crippen molar-refractivity contribution in [2.45, 2.75) is 11.5 Å². The number of rotatable bonds is 8. The Balaban J connectivity index is 1.84. The molecular weight excluding hydrogens is 446 g/mol. The van der Waals surface area contributed by atoms with Gasteiger partial charge in [-0.05, 0) is 36.4 Å². The first-order chi connectivity index (χ1) is 14.7. The Morgan fingerprint density at radius 2 is 1.84 bits per heavy atom. The number of carbonyl (C=O) groups excluding carboxylic acids is 1. The summed E-state index contributed by atoms with van der Waals surface area (Å²) in [7, 11) is -3.30. The molecule has 0 radical (unpaired) electrons. The van der Waals surface area contributed by atoms with Gasteiger partial charge in [0, 0.05) is 29.3 Å². The molecule has 162 valence electrons. The number of benzene rings is 2. The number of carbonyl (C=O) groups is 1. The van der Waals surface area contributed by atoms with Gasteiger partial charge in [0.05, 0.1) is 10.6 Å². The number of thiazole rings is 1. The van der Waals surface area contributed by atoms with E-state index in [4.69, 9.17) is 0 Å². The Morgan fingerprint density at radius 1 is 1.19 bits per heavy atom. The lowest BCUT2D eigenvalue weighted by Gasteiger charge is -2.18. The fourth-order valence-corrected chi connectivity index (χ4v) is 4.18. The molecule has 0 spiro atoms. The number of nitrogens with zero attached hydrogens (tertiary/aromatic N) is 2. The Kier molecular flexibility index (Phi) is 6.81. The molecule has 1 heterocycles. The summed E-state index contributed by atoms with van der Waals surface area (Å²) in [5.41, 5.74) is 1.56. The van der Waals surface area contributed by atoms with Crippen molar-refractivity contribution < 1.29 is 26.7 Å². The predicted octanol–water partition coefficient (Wildman–Crippen LogP) is 4.65. The van der Waals surface area contributed by atoms with Crippen molar-refractivity contribution in [3.05, 3.63) is 72.1 Å². The number of sulfone groups is 1. The van der Waals surface area contributed by atoms with Crippen LogP contribution in [-0.2, 0) is 9.84 Å². The van der Waals surface area contributed by atoms with Gasteiger partial charge in [0.2, 0.25) is 0 Å². The van der Waals surface area contributed by atoms with Crippen molar-refractivity contribution in [3.63, 3.8) is 0 Å². The highest BCUT2D eigenvalue weighted by Crippen LogP contribution is 2.29. The average molecular weight is 465 g/mol. The van der Waals surface area contributed by atoms with Crippen LogP contribution in [0.2, 0.25) is 0 Å². The SMILES string of the molecule is C=CCN(C(=O)c1ccc(OC(F)F)cc1)c1nc(-c2ccc(S(C)(=O)=O)cc2)cs1. The first kappa shape index (κ1) is 22.6. The monoisotopic (exact) mass is 464 g/mol. The van der Waals surface area contributed by atoms with Gasteiger partial charge in [0.15, 0.2) is 15.0 Å². The largest absolute Gasteiger partial charge is 0.435 e. The smallest absolute Gasteiger partial charge is 0.387 e. The summed E-state index contributed by atoms with van der Waals surface area (Å²) in [4.78, 5) is 19.1. The van der Waals surface area contributed by atoms with Crippen molar-refractivity contribution in [1.82, 2.24) is 4.98 Å². The van der Waals surface area contributed by atoms with Crippen molar-refractivity contribution in [2.75, 3.05) is 17.7 Å². The third-order valence-corrected chi connectivity index (χ3v) is 6.18. The van der Waals surface area contributed by atoms with Crippen LogP contribution in [0.5, 0.6) is 5.75 Å². The van der Waals surface area contributed by atoms with E-state index in [1.54, 1.807) is 23.6 Å². The number of alkyl halides is 2. The molecular formula is C21H18F2N2O4S2. The van der Waals surface area contributed by atoms with E-state index in [2.05, 4.69) is 16.3 Å². The van der Waals surface area contributed by atoms with Gasteiger partial charge in [-0.3, -0.25) is 9.69 Å². The van der Waals surface area contributed by atoms with Crippen molar-refractivity contribution >= 4 is 32.2 Å². The van der Waals surface area contributed by atoms with Gasteiger partial charge in [0.1, 0.15) is 5.75 Å². The molecule has 1 aromatic heterocycles. The second kappa shape index (κ2) is 9.36. The zero-order valence-corrected chi connectivity index (χ0v) is 18.0. The lowest BCUT2D eigenvalue weighted by Crippen LogP contribution is -2.30. The van der Waals surface area contributed by atoms with E-state index in [1.807, 2.05) is 0 Å². The van der Waals surface area contributed by atoms with Crippen LogP contribution < -0.4 is 9.64 Å². The molecule has 3 rings (SSSR count). The number of anilines is 1. The van der Waals surface area contributed by atoms with E-state index in [-0.39, 0.29) is 28.7 Å².